The zero-order valence-electron chi connectivity index (χ0n) is 12.8. The van der Waals surface area contributed by atoms with Crippen molar-refractivity contribution >= 4 is 17.5 Å². The number of anilines is 1. The molecule has 2 amide bonds. The second-order valence-corrected chi connectivity index (χ2v) is 7.46. The van der Waals surface area contributed by atoms with Crippen LogP contribution in [0, 0.1) is 49.4 Å². The van der Waals surface area contributed by atoms with Gasteiger partial charge in [-0.3, -0.25) is 9.59 Å². The van der Waals surface area contributed by atoms with Crippen LogP contribution in [0.5, 0.6) is 0 Å². The average molecular weight is 293 g/mol. The van der Waals surface area contributed by atoms with Crippen LogP contribution in [0.2, 0.25) is 0 Å². The summed E-state index contributed by atoms with van der Waals surface area (Å²) in [6, 6.07) is 5.99. The minimum atomic E-state index is -0.105. The number of aryl methyl sites for hydroxylation is 2. The second kappa shape index (κ2) is 3.89. The highest BCUT2D eigenvalue weighted by molar-refractivity contribution is 6.23. The number of allylic oxidation sites excluding steroid dienone is 2. The van der Waals surface area contributed by atoms with Gasteiger partial charge in [0.2, 0.25) is 11.8 Å². The van der Waals surface area contributed by atoms with Gasteiger partial charge < -0.3 is 0 Å². The van der Waals surface area contributed by atoms with E-state index in [9.17, 15) is 9.59 Å². The Morgan fingerprint density at radius 1 is 0.955 bits per heavy atom. The third kappa shape index (κ3) is 1.37. The fourth-order valence-corrected chi connectivity index (χ4v) is 5.15. The van der Waals surface area contributed by atoms with Crippen molar-refractivity contribution in [3.63, 3.8) is 0 Å². The number of hydrogen-bond donors (Lipinski definition) is 0. The SMILES string of the molecule is Cc1ccc(C)c(N2C(=O)[C@@H]3[C@H]4C=C[C@@H]([C@@H]5C[C@@H]45)[C@@H]3C2=O)c1. The lowest BCUT2D eigenvalue weighted by Crippen LogP contribution is -2.40. The van der Waals surface area contributed by atoms with Crippen molar-refractivity contribution in [2.75, 3.05) is 4.90 Å². The van der Waals surface area contributed by atoms with Gasteiger partial charge in [-0.15, -0.1) is 0 Å². The highest BCUT2D eigenvalue weighted by Crippen LogP contribution is 2.65. The van der Waals surface area contributed by atoms with Crippen LogP contribution in [0.1, 0.15) is 17.5 Å². The van der Waals surface area contributed by atoms with Gasteiger partial charge in [-0.1, -0.05) is 24.3 Å². The Kier molecular flexibility index (Phi) is 2.23. The van der Waals surface area contributed by atoms with Crippen LogP contribution in [-0.4, -0.2) is 11.8 Å². The van der Waals surface area contributed by atoms with Gasteiger partial charge in [0.25, 0.3) is 0 Å². The maximum absolute atomic E-state index is 13.0. The number of amides is 2. The van der Waals surface area contributed by atoms with Crippen LogP contribution in [0.4, 0.5) is 5.69 Å². The number of nitrogens with zero attached hydrogens (tertiary/aromatic N) is 1. The normalized spacial score (nSPS) is 40.9. The van der Waals surface area contributed by atoms with Crippen molar-refractivity contribution in [1.82, 2.24) is 0 Å². The van der Waals surface area contributed by atoms with Gasteiger partial charge in [-0.05, 0) is 61.1 Å². The summed E-state index contributed by atoms with van der Waals surface area (Å²) in [5, 5.41) is 0. The number of hydrogen-bond acceptors (Lipinski definition) is 2. The van der Waals surface area contributed by atoms with Gasteiger partial charge in [0.15, 0.2) is 0 Å². The van der Waals surface area contributed by atoms with Gasteiger partial charge in [0, 0.05) is 0 Å². The van der Waals surface area contributed by atoms with Crippen molar-refractivity contribution in [3.8, 4) is 0 Å². The summed E-state index contributed by atoms with van der Waals surface area (Å²) < 4.78 is 0. The van der Waals surface area contributed by atoms with E-state index in [0.29, 0.717) is 23.7 Å². The molecule has 22 heavy (non-hydrogen) atoms. The molecule has 2 bridgehead atoms. The van der Waals surface area contributed by atoms with Crippen LogP contribution < -0.4 is 4.90 Å². The predicted octanol–water partition coefficient (Wildman–Crippen LogP) is 2.86. The molecular weight excluding hydrogens is 274 g/mol. The summed E-state index contributed by atoms with van der Waals surface area (Å²) >= 11 is 0. The highest BCUT2D eigenvalue weighted by atomic mass is 16.2. The molecule has 112 valence electrons. The molecule has 1 aliphatic heterocycles. The van der Waals surface area contributed by atoms with Crippen molar-refractivity contribution < 1.29 is 9.59 Å². The Labute approximate surface area is 130 Å². The molecular formula is C19H19NO2. The molecule has 6 rings (SSSR count). The molecule has 1 aromatic rings. The molecule has 0 N–H and O–H groups in total. The van der Waals surface area contributed by atoms with E-state index in [-0.39, 0.29) is 23.7 Å². The van der Waals surface area contributed by atoms with Crippen molar-refractivity contribution in [2.45, 2.75) is 20.3 Å². The van der Waals surface area contributed by atoms with Crippen molar-refractivity contribution in [2.24, 2.45) is 35.5 Å². The van der Waals surface area contributed by atoms with Crippen LogP contribution in [-0.2, 0) is 9.59 Å². The standard InChI is InChI=1S/C19H19NO2/c1-9-3-4-10(2)15(7-9)20-18(21)16-11-5-6-12(14-8-13(11)14)17(16)19(20)22/h3-7,11-14,16-17H,8H2,1-2H3/t11-,12-,13-,14-,16-,17+/m0/s1. The molecule has 3 nitrogen and oxygen atoms in total. The predicted molar refractivity (Wildman–Crippen MR) is 83.1 cm³/mol. The maximum atomic E-state index is 13.0. The number of benzene rings is 1. The molecule has 4 aliphatic carbocycles. The Balaban J connectivity index is 1.62. The van der Waals surface area contributed by atoms with E-state index in [2.05, 4.69) is 12.2 Å². The Hall–Kier alpha value is -1.90. The zero-order valence-corrected chi connectivity index (χ0v) is 12.8. The third-order valence-electron chi connectivity index (χ3n) is 6.27. The third-order valence-corrected chi connectivity index (χ3v) is 6.27. The molecule has 3 fully saturated rings. The maximum Gasteiger partial charge on any atom is 0.238 e. The lowest BCUT2D eigenvalue weighted by atomic mass is 9.63. The van der Waals surface area contributed by atoms with Crippen LogP contribution >= 0.6 is 0 Å². The van der Waals surface area contributed by atoms with E-state index >= 15 is 0 Å². The molecule has 0 aromatic heterocycles. The summed E-state index contributed by atoms with van der Waals surface area (Å²) in [6.45, 7) is 3.98. The van der Waals surface area contributed by atoms with Gasteiger partial charge in [0.05, 0.1) is 17.5 Å². The van der Waals surface area contributed by atoms with Crippen LogP contribution in [0.15, 0.2) is 30.4 Å². The van der Waals surface area contributed by atoms with Gasteiger partial charge in [-0.2, -0.15) is 0 Å². The zero-order chi connectivity index (χ0) is 15.2. The Morgan fingerprint density at radius 2 is 1.55 bits per heavy atom. The lowest BCUT2D eigenvalue weighted by molar-refractivity contribution is -0.124. The molecule has 6 atom stereocenters. The smallest absolute Gasteiger partial charge is 0.238 e. The number of carbonyl (C=O) groups excluding carboxylic acids is 2. The van der Waals surface area contributed by atoms with Gasteiger partial charge >= 0.3 is 0 Å². The quantitative estimate of drug-likeness (QED) is 0.590. The molecule has 2 saturated carbocycles. The molecule has 1 aromatic carbocycles. The molecule has 5 aliphatic rings. The Morgan fingerprint density at radius 3 is 2.14 bits per heavy atom. The van der Waals surface area contributed by atoms with E-state index in [0.717, 1.165) is 16.8 Å². The number of rotatable bonds is 1. The summed E-state index contributed by atoms with van der Waals surface area (Å²) in [7, 11) is 0. The first kappa shape index (κ1) is 12.6. The van der Waals surface area contributed by atoms with Crippen LogP contribution in [0.25, 0.3) is 0 Å². The second-order valence-electron chi connectivity index (χ2n) is 7.46. The fraction of sp³-hybridized carbons (Fsp3) is 0.474. The summed E-state index contributed by atoms with van der Waals surface area (Å²) in [4.78, 5) is 27.6. The first-order chi connectivity index (χ1) is 10.6. The number of imide groups is 1. The first-order valence-electron chi connectivity index (χ1n) is 8.21. The minimum Gasteiger partial charge on any atom is -0.274 e. The molecule has 3 heteroatoms. The minimum absolute atomic E-state index is 0.0356. The van der Waals surface area contributed by atoms with E-state index < -0.39 is 0 Å². The highest BCUT2D eigenvalue weighted by Gasteiger charge is 2.67. The largest absolute Gasteiger partial charge is 0.274 e. The summed E-state index contributed by atoms with van der Waals surface area (Å²) in [5.41, 5.74) is 2.87. The van der Waals surface area contributed by atoms with E-state index in [1.54, 1.807) is 0 Å². The number of carbonyl (C=O) groups is 2. The van der Waals surface area contributed by atoms with Crippen molar-refractivity contribution in [1.29, 1.82) is 0 Å². The first-order valence-corrected chi connectivity index (χ1v) is 8.21. The van der Waals surface area contributed by atoms with Gasteiger partial charge in [-0.25, -0.2) is 4.90 Å². The molecule has 0 spiro atoms. The van der Waals surface area contributed by atoms with E-state index in [1.165, 1.54) is 11.3 Å². The van der Waals surface area contributed by atoms with E-state index in [4.69, 9.17) is 0 Å². The van der Waals surface area contributed by atoms with Crippen molar-refractivity contribution in [3.05, 3.63) is 41.5 Å². The lowest BCUT2D eigenvalue weighted by Gasteiger charge is -2.37. The summed E-state index contributed by atoms with van der Waals surface area (Å²) in [5.74, 6) is 1.77. The topological polar surface area (TPSA) is 37.4 Å². The monoisotopic (exact) mass is 293 g/mol. The molecule has 0 radical (unpaired) electrons. The van der Waals surface area contributed by atoms with E-state index in [1.807, 2.05) is 32.0 Å². The van der Waals surface area contributed by atoms with Gasteiger partial charge in [0.1, 0.15) is 0 Å². The molecule has 0 unspecified atom stereocenters. The van der Waals surface area contributed by atoms with Crippen LogP contribution in [0.3, 0.4) is 0 Å². The average Bonchev–Trinajstić information content (AvgIpc) is 3.28. The summed E-state index contributed by atoms with van der Waals surface area (Å²) in [6.07, 6.45) is 5.65. The fourth-order valence-electron chi connectivity index (χ4n) is 5.15. The Bertz CT molecular complexity index is 714. The molecule has 1 saturated heterocycles. The molecule has 1 heterocycles.